The zero-order chi connectivity index (χ0) is 11.3. The van der Waals surface area contributed by atoms with Gasteiger partial charge in [-0.15, -0.1) is 11.8 Å². The minimum Gasteiger partial charge on any atom is -0.384 e. The van der Waals surface area contributed by atoms with Gasteiger partial charge in [0.25, 0.3) is 0 Å². The number of halogens is 1. The molecule has 0 fully saturated rings. The Bertz CT molecular complexity index is 317. The molecule has 0 aromatic heterocycles. The Morgan fingerprint density at radius 2 is 2.27 bits per heavy atom. The van der Waals surface area contributed by atoms with Crippen molar-refractivity contribution in [2.75, 3.05) is 19.5 Å². The number of hydrogen-bond acceptors (Lipinski definition) is 3. The Morgan fingerprint density at radius 3 is 2.80 bits per heavy atom. The van der Waals surface area contributed by atoms with Crippen LogP contribution in [-0.2, 0) is 4.74 Å². The average molecular weight is 246 g/mol. The van der Waals surface area contributed by atoms with Crippen molar-refractivity contribution in [1.29, 1.82) is 0 Å². The van der Waals surface area contributed by atoms with Gasteiger partial charge in [0.2, 0.25) is 0 Å². The normalized spacial score (nSPS) is 12.8. The van der Waals surface area contributed by atoms with Crippen molar-refractivity contribution in [2.24, 2.45) is 5.73 Å². The van der Waals surface area contributed by atoms with Crippen molar-refractivity contribution < 1.29 is 4.74 Å². The minimum absolute atomic E-state index is 0.0283. The summed E-state index contributed by atoms with van der Waals surface area (Å²) in [4.78, 5) is 1.08. The van der Waals surface area contributed by atoms with E-state index < -0.39 is 0 Å². The van der Waals surface area contributed by atoms with E-state index >= 15 is 0 Å². The maximum absolute atomic E-state index is 6.14. The lowest BCUT2D eigenvalue weighted by Gasteiger charge is -2.09. The summed E-state index contributed by atoms with van der Waals surface area (Å²) in [6.07, 6.45) is 0. The predicted octanol–water partition coefficient (Wildman–Crippen LogP) is 3.10. The van der Waals surface area contributed by atoms with Crippen LogP contribution in [0.1, 0.15) is 18.5 Å². The summed E-state index contributed by atoms with van der Waals surface area (Å²) in [6, 6.07) is 5.99. The number of thioether (sulfide) groups is 1. The number of rotatable bonds is 5. The largest absolute Gasteiger partial charge is 0.384 e. The average Bonchev–Trinajstić information content (AvgIpc) is 2.20. The lowest BCUT2D eigenvalue weighted by molar-refractivity contribution is 0.218. The number of benzene rings is 1. The zero-order valence-electron chi connectivity index (χ0n) is 9.00. The molecule has 1 aromatic carbocycles. The van der Waals surface area contributed by atoms with Gasteiger partial charge in [0, 0.05) is 23.8 Å². The molecule has 1 rings (SSSR count). The second-order valence-electron chi connectivity index (χ2n) is 3.32. The van der Waals surface area contributed by atoms with Gasteiger partial charge in [0.05, 0.1) is 11.6 Å². The molecule has 0 bridgehead atoms. The maximum Gasteiger partial charge on any atom is 0.0556 e. The first-order chi connectivity index (χ1) is 7.15. The first-order valence-electron chi connectivity index (χ1n) is 4.82. The maximum atomic E-state index is 6.14. The van der Waals surface area contributed by atoms with Crippen molar-refractivity contribution in [1.82, 2.24) is 0 Å². The molecule has 2 nitrogen and oxygen atoms in total. The molecule has 0 unspecified atom stereocenters. The molecule has 0 amide bonds. The van der Waals surface area contributed by atoms with Crippen molar-refractivity contribution in [3.05, 3.63) is 28.8 Å². The zero-order valence-corrected chi connectivity index (χ0v) is 10.6. The van der Waals surface area contributed by atoms with Crippen LogP contribution in [0.2, 0.25) is 5.02 Å². The third-order valence-electron chi connectivity index (χ3n) is 2.03. The van der Waals surface area contributed by atoms with Crippen LogP contribution in [0.3, 0.4) is 0 Å². The summed E-state index contributed by atoms with van der Waals surface area (Å²) in [5.41, 5.74) is 6.83. The highest BCUT2D eigenvalue weighted by atomic mass is 35.5. The van der Waals surface area contributed by atoms with Crippen LogP contribution in [0, 0.1) is 0 Å². The Labute approximate surface area is 100 Å². The smallest absolute Gasteiger partial charge is 0.0556 e. The second kappa shape index (κ2) is 6.38. The van der Waals surface area contributed by atoms with Gasteiger partial charge in [-0.3, -0.25) is 0 Å². The van der Waals surface area contributed by atoms with E-state index in [0.29, 0.717) is 0 Å². The lowest BCUT2D eigenvalue weighted by Crippen LogP contribution is -2.04. The number of hydrogen-bond donors (Lipinski definition) is 1. The van der Waals surface area contributed by atoms with E-state index in [9.17, 15) is 0 Å². The van der Waals surface area contributed by atoms with Crippen LogP contribution in [0.15, 0.2) is 23.1 Å². The summed E-state index contributed by atoms with van der Waals surface area (Å²) in [5, 5.41) is 0.769. The molecule has 4 heteroatoms. The van der Waals surface area contributed by atoms with E-state index in [2.05, 4.69) is 0 Å². The molecule has 15 heavy (non-hydrogen) atoms. The van der Waals surface area contributed by atoms with E-state index in [-0.39, 0.29) is 6.04 Å². The molecule has 0 radical (unpaired) electrons. The quantitative estimate of drug-likeness (QED) is 0.640. The van der Waals surface area contributed by atoms with Crippen LogP contribution in [0.4, 0.5) is 0 Å². The highest BCUT2D eigenvalue weighted by molar-refractivity contribution is 7.99. The fourth-order valence-electron chi connectivity index (χ4n) is 1.15. The third-order valence-corrected chi connectivity index (χ3v) is 3.49. The highest BCUT2D eigenvalue weighted by Crippen LogP contribution is 2.29. The van der Waals surface area contributed by atoms with Gasteiger partial charge in [-0.1, -0.05) is 17.7 Å². The lowest BCUT2D eigenvalue weighted by atomic mass is 10.1. The standard InChI is InChI=1S/C11H16ClNOS/c1-8(13)9-3-4-11(10(12)7-9)15-6-5-14-2/h3-4,7-8H,5-6,13H2,1-2H3/t8-/m0/s1. The van der Waals surface area contributed by atoms with Crippen LogP contribution >= 0.6 is 23.4 Å². The van der Waals surface area contributed by atoms with Gasteiger partial charge >= 0.3 is 0 Å². The van der Waals surface area contributed by atoms with E-state index in [1.54, 1.807) is 18.9 Å². The van der Waals surface area contributed by atoms with E-state index in [4.69, 9.17) is 22.1 Å². The molecule has 0 aliphatic rings. The van der Waals surface area contributed by atoms with Crippen LogP contribution in [0.5, 0.6) is 0 Å². The molecule has 0 spiro atoms. The van der Waals surface area contributed by atoms with Gasteiger partial charge in [0.1, 0.15) is 0 Å². The topological polar surface area (TPSA) is 35.2 Å². The Hall–Kier alpha value is -0.220. The van der Waals surface area contributed by atoms with Gasteiger partial charge in [-0.2, -0.15) is 0 Å². The summed E-state index contributed by atoms with van der Waals surface area (Å²) in [6.45, 7) is 2.68. The minimum atomic E-state index is 0.0283. The SMILES string of the molecule is COCCSc1ccc([C@H](C)N)cc1Cl. The molecular formula is C11H16ClNOS. The summed E-state index contributed by atoms with van der Waals surface area (Å²) < 4.78 is 4.98. The van der Waals surface area contributed by atoms with Crippen molar-refractivity contribution in [3.63, 3.8) is 0 Å². The molecule has 0 saturated carbocycles. The Kier molecular flexibility index (Phi) is 5.47. The highest BCUT2D eigenvalue weighted by Gasteiger charge is 2.05. The monoisotopic (exact) mass is 245 g/mol. The van der Waals surface area contributed by atoms with Gasteiger partial charge in [0.15, 0.2) is 0 Å². The fourth-order valence-corrected chi connectivity index (χ4v) is 2.34. The number of ether oxygens (including phenoxy) is 1. The molecule has 1 aromatic rings. The first kappa shape index (κ1) is 12.8. The van der Waals surface area contributed by atoms with Crippen LogP contribution < -0.4 is 5.73 Å². The van der Waals surface area contributed by atoms with Gasteiger partial charge in [-0.25, -0.2) is 0 Å². The molecule has 1 atom stereocenters. The fraction of sp³-hybridized carbons (Fsp3) is 0.455. The van der Waals surface area contributed by atoms with E-state index in [1.165, 1.54) is 0 Å². The van der Waals surface area contributed by atoms with E-state index in [1.807, 2.05) is 25.1 Å². The van der Waals surface area contributed by atoms with E-state index in [0.717, 1.165) is 27.8 Å². The molecular weight excluding hydrogens is 230 g/mol. The number of methoxy groups -OCH3 is 1. The Morgan fingerprint density at radius 1 is 1.53 bits per heavy atom. The summed E-state index contributed by atoms with van der Waals surface area (Å²) >= 11 is 7.83. The summed E-state index contributed by atoms with van der Waals surface area (Å²) in [7, 11) is 1.70. The third kappa shape index (κ3) is 4.03. The molecule has 0 aliphatic heterocycles. The first-order valence-corrected chi connectivity index (χ1v) is 6.18. The molecule has 0 saturated heterocycles. The molecule has 0 aliphatic carbocycles. The number of nitrogens with two attached hydrogens (primary N) is 1. The predicted molar refractivity (Wildman–Crippen MR) is 66.7 cm³/mol. The molecule has 2 N–H and O–H groups in total. The second-order valence-corrected chi connectivity index (χ2v) is 4.86. The molecule has 0 heterocycles. The Balaban J connectivity index is 2.66. The van der Waals surface area contributed by atoms with Gasteiger partial charge < -0.3 is 10.5 Å². The summed E-state index contributed by atoms with van der Waals surface area (Å²) in [5.74, 6) is 0.910. The van der Waals surface area contributed by atoms with Gasteiger partial charge in [-0.05, 0) is 24.6 Å². The van der Waals surface area contributed by atoms with Crippen LogP contribution in [-0.4, -0.2) is 19.5 Å². The molecule has 84 valence electrons. The van der Waals surface area contributed by atoms with Crippen molar-refractivity contribution in [3.8, 4) is 0 Å². The van der Waals surface area contributed by atoms with Crippen molar-refractivity contribution in [2.45, 2.75) is 17.9 Å². The van der Waals surface area contributed by atoms with Crippen molar-refractivity contribution >= 4 is 23.4 Å². The van der Waals surface area contributed by atoms with Crippen LogP contribution in [0.25, 0.3) is 0 Å².